The minimum absolute atomic E-state index is 0.124. The fourth-order valence-corrected chi connectivity index (χ4v) is 2.93. The zero-order valence-corrected chi connectivity index (χ0v) is 12.5. The zero-order chi connectivity index (χ0) is 14.0. The van der Waals surface area contributed by atoms with Crippen molar-refractivity contribution < 1.29 is 4.92 Å². The quantitative estimate of drug-likeness (QED) is 0.684. The minimum atomic E-state index is -0.363. The summed E-state index contributed by atoms with van der Waals surface area (Å²) in [6.45, 7) is 4.73. The molecule has 0 spiro atoms. The number of nitro groups is 1. The summed E-state index contributed by atoms with van der Waals surface area (Å²) in [5.74, 6) is 0.549. The van der Waals surface area contributed by atoms with E-state index in [1.54, 1.807) is 6.07 Å². The number of nitrogens with zero attached hydrogens (tertiary/aromatic N) is 2. The van der Waals surface area contributed by atoms with E-state index >= 15 is 0 Å². The molecule has 2 atom stereocenters. The molecule has 1 aliphatic rings. The van der Waals surface area contributed by atoms with Gasteiger partial charge in [-0.05, 0) is 30.5 Å². The Kier molecular flexibility index (Phi) is 4.54. The molecule has 0 radical (unpaired) electrons. The maximum Gasteiger partial charge on any atom is 0.270 e. The third kappa shape index (κ3) is 3.75. The molecule has 104 valence electrons. The average molecular weight is 328 g/mol. The molecule has 2 N–H and O–H groups in total. The number of hydrogen-bond donors (Lipinski definition) is 1. The van der Waals surface area contributed by atoms with Crippen molar-refractivity contribution in [2.24, 2.45) is 11.7 Å². The second-order valence-corrected chi connectivity index (χ2v) is 6.16. The van der Waals surface area contributed by atoms with E-state index in [4.69, 9.17) is 5.73 Å². The smallest absolute Gasteiger partial charge is 0.270 e. The first-order valence-electron chi connectivity index (χ1n) is 6.37. The van der Waals surface area contributed by atoms with Gasteiger partial charge in [-0.3, -0.25) is 15.0 Å². The zero-order valence-electron chi connectivity index (χ0n) is 10.9. The summed E-state index contributed by atoms with van der Waals surface area (Å²) in [6.07, 6.45) is 1.08. The van der Waals surface area contributed by atoms with Crippen molar-refractivity contribution >= 4 is 21.6 Å². The Labute approximate surface area is 121 Å². The van der Waals surface area contributed by atoms with Crippen LogP contribution in [0.15, 0.2) is 22.7 Å². The van der Waals surface area contributed by atoms with E-state index in [9.17, 15) is 10.1 Å². The van der Waals surface area contributed by atoms with E-state index in [1.807, 2.05) is 6.07 Å². The van der Waals surface area contributed by atoms with Crippen molar-refractivity contribution in [3.05, 3.63) is 38.3 Å². The van der Waals surface area contributed by atoms with E-state index in [0.29, 0.717) is 12.5 Å². The highest BCUT2D eigenvalue weighted by molar-refractivity contribution is 9.10. The van der Waals surface area contributed by atoms with Crippen LogP contribution in [0.1, 0.15) is 18.9 Å². The molecule has 1 aliphatic heterocycles. The minimum Gasteiger partial charge on any atom is -0.326 e. The van der Waals surface area contributed by atoms with Gasteiger partial charge in [0.05, 0.1) is 4.92 Å². The second kappa shape index (κ2) is 5.98. The fourth-order valence-electron chi connectivity index (χ4n) is 2.40. The average Bonchev–Trinajstić information content (AvgIpc) is 2.33. The third-order valence-electron chi connectivity index (χ3n) is 3.66. The highest BCUT2D eigenvalue weighted by Gasteiger charge is 2.23. The van der Waals surface area contributed by atoms with Crippen molar-refractivity contribution in [1.82, 2.24) is 4.90 Å². The number of nitrogens with two attached hydrogens (primary N) is 1. The van der Waals surface area contributed by atoms with Crippen LogP contribution in [0, 0.1) is 16.0 Å². The monoisotopic (exact) mass is 327 g/mol. The Balaban J connectivity index is 2.09. The van der Waals surface area contributed by atoms with Crippen molar-refractivity contribution in [2.75, 3.05) is 13.1 Å². The van der Waals surface area contributed by atoms with Crippen LogP contribution in [-0.2, 0) is 6.54 Å². The van der Waals surface area contributed by atoms with Crippen LogP contribution >= 0.6 is 15.9 Å². The van der Waals surface area contributed by atoms with Crippen molar-refractivity contribution in [1.29, 1.82) is 0 Å². The summed E-state index contributed by atoms with van der Waals surface area (Å²) < 4.78 is 0.742. The fraction of sp³-hybridized carbons (Fsp3) is 0.538. The van der Waals surface area contributed by atoms with E-state index < -0.39 is 0 Å². The number of hydrogen-bond acceptors (Lipinski definition) is 4. The van der Waals surface area contributed by atoms with Gasteiger partial charge in [-0.1, -0.05) is 22.9 Å². The van der Waals surface area contributed by atoms with Gasteiger partial charge in [0.1, 0.15) is 0 Å². The molecule has 0 bridgehead atoms. The number of likely N-dealkylation sites (tertiary alicyclic amines) is 1. The van der Waals surface area contributed by atoms with Crippen LogP contribution < -0.4 is 5.73 Å². The Morgan fingerprint density at radius 3 is 2.89 bits per heavy atom. The predicted molar refractivity (Wildman–Crippen MR) is 77.8 cm³/mol. The van der Waals surface area contributed by atoms with Gasteiger partial charge >= 0.3 is 0 Å². The number of benzene rings is 1. The predicted octanol–water partition coefficient (Wildman–Crippen LogP) is 2.53. The normalized spacial score (nSPS) is 24.4. The first-order valence-corrected chi connectivity index (χ1v) is 7.17. The summed E-state index contributed by atoms with van der Waals surface area (Å²) in [5.41, 5.74) is 7.14. The summed E-state index contributed by atoms with van der Waals surface area (Å²) in [6, 6.07) is 5.27. The topological polar surface area (TPSA) is 72.4 Å². The first-order chi connectivity index (χ1) is 8.95. The molecule has 1 heterocycles. The Bertz CT molecular complexity index is 481. The van der Waals surface area contributed by atoms with Crippen LogP contribution in [0.4, 0.5) is 5.69 Å². The lowest BCUT2D eigenvalue weighted by Gasteiger charge is -2.35. The molecular formula is C13H18BrN3O2. The molecule has 0 saturated carbocycles. The first kappa shape index (κ1) is 14.4. The molecular weight excluding hydrogens is 310 g/mol. The van der Waals surface area contributed by atoms with Crippen LogP contribution in [0.2, 0.25) is 0 Å². The summed E-state index contributed by atoms with van der Waals surface area (Å²) in [5, 5.41) is 10.8. The van der Waals surface area contributed by atoms with Crippen LogP contribution in [-0.4, -0.2) is 29.0 Å². The standard InChI is InChI=1S/C13H18BrN3O2/c1-9-2-3-16(8-13(9)15)7-10-4-11(14)6-12(5-10)17(18)19/h4-6,9,13H,2-3,7-8,15H2,1H3. The second-order valence-electron chi connectivity index (χ2n) is 5.24. The lowest BCUT2D eigenvalue weighted by molar-refractivity contribution is -0.385. The Morgan fingerprint density at radius 1 is 1.53 bits per heavy atom. The Morgan fingerprint density at radius 2 is 2.26 bits per heavy atom. The van der Waals surface area contributed by atoms with E-state index in [1.165, 1.54) is 6.07 Å². The number of non-ortho nitro benzene ring substituents is 1. The molecule has 1 fully saturated rings. The SMILES string of the molecule is CC1CCN(Cc2cc(Br)cc([N+](=O)[O-])c2)CC1N. The third-order valence-corrected chi connectivity index (χ3v) is 4.12. The lowest BCUT2D eigenvalue weighted by atomic mass is 9.94. The van der Waals surface area contributed by atoms with Gasteiger partial charge < -0.3 is 5.73 Å². The molecule has 1 aromatic carbocycles. The van der Waals surface area contributed by atoms with Gasteiger partial charge in [-0.25, -0.2) is 0 Å². The van der Waals surface area contributed by atoms with E-state index in [2.05, 4.69) is 27.8 Å². The molecule has 1 saturated heterocycles. The summed E-state index contributed by atoms with van der Waals surface area (Å²) in [7, 11) is 0. The Hall–Kier alpha value is -0.980. The van der Waals surface area contributed by atoms with E-state index in [-0.39, 0.29) is 16.7 Å². The largest absolute Gasteiger partial charge is 0.326 e. The van der Waals surface area contributed by atoms with Gasteiger partial charge in [0.25, 0.3) is 5.69 Å². The van der Waals surface area contributed by atoms with Gasteiger partial charge in [0, 0.05) is 35.7 Å². The molecule has 1 aromatic rings. The van der Waals surface area contributed by atoms with Gasteiger partial charge in [0.2, 0.25) is 0 Å². The molecule has 19 heavy (non-hydrogen) atoms. The number of nitro benzene ring substituents is 1. The maximum atomic E-state index is 10.8. The molecule has 6 heteroatoms. The summed E-state index contributed by atoms with van der Waals surface area (Å²) in [4.78, 5) is 12.7. The molecule has 5 nitrogen and oxygen atoms in total. The van der Waals surface area contributed by atoms with Crippen molar-refractivity contribution in [3.63, 3.8) is 0 Å². The molecule has 2 rings (SSSR count). The maximum absolute atomic E-state index is 10.8. The highest BCUT2D eigenvalue weighted by atomic mass is 79.9. The molecule has 2 unspecified atom stereocenters. The number of piperidine rings is 1. The van der Waals surface area contributed by atoms with Crippen LogP contribution in [0.5, 0.6) is 0 Å². The lowest BCUT2D eigenvalue weighted by Crippen LogP contribution is -2.47. The number of rotatable bonds is 3. The molecule has 0 amide bonds. The number of halogens is 1. The molecule has 0 aromatic heterocycles. The highest BCUT2D eigenvalue weighted by Crippen LogP contribution is 2.24. The van der Waals surface area contributed by atoms with E-state index in [0.717, 1.165) is 29.5 Å². The van der Waals surface area contributed by atoms with Crippen LogP contribution in [0.25, 0.3) is 0 Å². The van der Waals surface area contributed by atoms with Gasteiger partial charge in [-0.2, -0.15) is 0 Å². The van der Waals surface area contributed by atoms with Gasteiger partial charge in [-0.15, -0.1) is 0 Å². The van der Waals surface area contributed by atoms with Crippen molar-refractivity contribution in [3.8, 4) is 0 Å². The van der Waals surface area contributed by atoms with Crippen LogP contribution in [0.3, 0.4) is 0 Å². The van der Waals surface area contributed by atoms with Gasteiger partial charge in [0.15, 0.2) is 0 Å². The van der Waals surface area contributed by atoms with Crippen molar-refractivity contribution in [2.45, 2.75) is 25.9 Å². The summed E-state index contributed by atoms with van der Waals surface area (Å²) >= 11 is 3.32. The molecule has 0 aliphatic carbocycles.